The fraction of sp³-hybridized carbons (Fsp3) is 0.500. The monoisotopic (exact) mass is 350 g/mol. The lowest BCUT2D eigenvalue weighted by Gasteiger charge is -2.39. The number of hydrogen-bond donors (Lipinski definition) is 0. The predicted molar refractivity (Wildman–Crippen MR) is 84.2 cm³/mol. The highest BCUT2D eigenvalue weighted by atomic mass is 79.9. The Morgan fingerprint density at radius 1 is 1.38 bits per heavy atom. The second-order valence-electron chi connectivity index (χ2n) is 5.42. The SMILES string of the molecule is COc1ccc(C(=O)N(C)C2(C#N)CCCCC2)cc1Br. The Kier molecular flexibility index (Phi) is 4.89. The fourth-order valence-corrected chi connectivity index (χ4v) is 3.39. The molecule has 0 heterocycles. The van der Waals surface area contributed by atoms with Crippen LogP contribution in [0.25, 0.3) is 0 Å². The Bertz CT molecular complexity index is 574. The van der Waals surface area contributed by atoms with E-state index in [0.717, 1.165) is 36.6 Å². The third-order valence-electron chi connectivity index (χ3n) is 4.23. The van der Waals surface area contributed by atoms with E-state index in [1.54, 1.807) is 37.3 Å². The van der Waals surface area contributed by atoms with Gasteiger partial charge < -0.3 is 9.64 Å². The molecule has 0 spiro atoms. The van der Waals surface area contributed by atoms with Crippen LogP contribution in [0.5, 0.6) is 5.75 Å². The molecule has 1 aromatic rings. The van der Waals surface area contributed by atoms with E-state index in [1.165, 1.54) is 0 Å². The average Bonchev–Trinajstić information content (AvgIpc) is 2.54. The number of amides is 1. The minimum atomic E-state index is -0.665. The van der Waals surface area contributed by atoms with Gasteiger partial charge in [0.1, 0.15) is 11.3 Å². The first kappa shape index (κ1) is 15.8. The van der Waals surface area contributed by atoms with Gasteiger partial charge in [-0.05, 0) is 47.0 Å². The summed E-state index contributed by atoms with van der Waals surface area (Å²) in [5, 5.41) is 9.57. The summed E-state index contributed by atoms with van der Waals surface area (Å²) < 4.78 is 5.91. The molecule has 5 heteroatoms. The Labute approximate surface area is 133 Å². The van der Waals surface area contributed by atoms with E-state index >= 15 is 0 Å². The molecule has 2 rings (SSSR count). The molecule has 21 heavy (non-hydrogen) atoms. The molecular formula is C16H19BrN2O2. The van der Waals surface area contributed by atoms with Crippen molar-refractivity contribution in [2.45, 2.75) is 37.6 Å². The molecule has 1 aliphatic carbocycles. The van der Waals surface area contributed by atoms with Crippen LogP contribution in [0.1, 0.15) is 42.5 Å². The van der Waals surface area contributed by atoms with Crippen LogP contribution in [0.3, 0.4) is 0 Å². The third kappa shape index (κ3) is 3.06. The molecule has 0 aliphatic heterocycles. The first-order chi connectivity index (χ1) is 10.0. The van der Waals surface area contributed by atoms with Gasteiger partial charge in [0.05, 0.1) is 17.7 Å². The van der Waals surface area contributed by atoms with Crippen molar-refractivity contribution in [2.24, 2.45) is 0 Å². The highest BCUT2D eigenvalue weighted by molar-refractivity contribution is 9.10. The maximum atomic E-state index is 12.7. The molecule has 1 aromatic carbocycles. The van der Waals surface area contributed by atoms with Crippen LogP contribution in [-0.4, -0.2) is 30.5 Å². The number of nitrogens with zero attached hydrogens (tertiary/aromatic N) is 2. The summed E-state index contributed by atoms with van der Waals surface area (Å²) in [5.41, 5.74) is -0.104. The molecule has 1 aliphatic rings. The van der Waals surface area contributed by atoms with Gasteiger partial charge in [-0.25, -0.2) is 0 Å². The van der Waals surface area contributed by atoms with E-state index in [1.807, 2.05) is 0 Å². The molecule has 0 radical (unpaired) electrons. The van der Waals surface area contributed by atoms with Crippen LogP contribution in [0, 0.1) is 11.3 Å². The first-order valence-electron chi connectivity index (χ1n) is 7.07. The minimum absolute atomic E-state index is 0.123. The number of nitriles is 1. The summed E-state index contributed by atoms with van der Waals surface area (Å²) in [6.45, 7) is 0. The highest BCUT2D eigenvalue weighted by Gasteiger charge is 2.39. The number of rotatable bonds is 3. The quantitative estimate of drug-likeness (QED) is 0.833. The van der Waals surface area contributed by atoms with Crippen LogP contribution in [0.4, 0.5) is 0 Å². The second kappa shape index (κ2) is 6.48. The fourth-order valence-electron chi connectivity index (χ4n) is 2.85. The molecule has 0 atom stereocenters. The van der Waals surface area contributed by atoms with E-state index in [9.17, 15) is 10.1 Å². The molecule has 112 valence electrons. The topological polar surface area (TPSA) is 53.3 Å². The Morgan fingerprint density at radius 2 is 2.05 bits per heavy atom. The predicted octanol–water partition coefficient (Wildman–Crippen LogP) is 3.76. The van der Waals surface area contributed by atoms with Crippen LogP contribution < -0.4 is 4.74 Å². The molecule has 0 aromatic heterocycles. The summed E-state index contributed by atoms with van der Waals surface area (Å²) in [7, 11) is 3.31. The molecule has 0 bridgehead atoms. The second-order valence-corrected chi connectivity index (χ2v) is 6.27. The van der Waals surface area contributed by atoms with Crippen LogP contribution in [0.15, 0.2) is 22.7 Å². The maximum Gasteiger partial charge on any atom is 0.254 e. The smallest absolute Gasteiger partial charge is 0.254 e. The van der Waals surface area contributed by atoms with Crippen LogP contribution in [0.2, 0.25) is 0 Å². The number of benzene rings is 1. The summed E-state index contributed by atoms with van der Waals surface area (Å²) in [5.74, 6) is 0.559. The average molecular weight is 351 g/mol. The number of methoxy groups -OCH3 is 1. The van der Waals surface area contributed by atoms with Crippen molar-refractivity contribution in [3.63, 3.8) is 0 Å². The molecular weight excluding hydrogens is 332 g/mol. The Morgan fingerprint density at radius 3 is 2.57 bits per heavy atom. The third-order valence-corrected chi connectivity index (χ3v) is 4.85. The summed E-state index contributed by atoms with van der Waals surface area (Å²) >= 11 is 3.39. The van der Waals surface area contributed by atoms with Crippen molar-refractivity contribution < 1.29 is 9.53 Å². The highest BCUT2D eigenvalue weighted by Crippen LogP contribution is 2.34. The van der Waals surface area contributed by atoms with E-state index in [2.05, 4.69) is 22.0 Å². The van der Waals surface area contributed by atoms with Crippen LogP contribution >= 0.6 is 15.9 Å². The molecule has 1 fully saturated rings. The molecule has 0 saturated heterocycles. The van der Waals surface area contributed by atoms with Crippen molar-refractivity contribution in [3.05, 3.63) is 28.2 Å². The first-order valence-corrected chi connectivity index (χ1v) is 7.86. The summed E-state index contributed by atoms with van der Waals surface area (Å²) in [4.78, 5) is 14.3. The van der Waals surface area contributed by atoms with Crippen molar-refractivity contribution in [3.8, 4) is 11.8 Å². The standard InChI is InChI=1S/C16H19BrN2O2/c1-19(16(11-18)8-4-3-5-9-16)15(20)12-6-7-14(21-2)13(17)10-12/h6-7,10H,3-5,8-9H2,1-2H3. The number of halogens is 1. The van der Waals surface area contributed by atoms with Crippen LogP contribution in [-0.2, 0) is 0 Å². The molecule has 0 unspecified atom stereocenters. The van der Waals surface area contributed by atoms with E-state index in [-0.39, 0.29) is 5.91 Å². The van der Waals surface area contributed by atoms with Gasteiger partial charge in [-0.1, -0.05) is 19.3 Å². The van der Waals surface area contributed by atoms with Gasteiger partial charge in [-0.3, -0.25) is 4.79 Å². The summed E-state index contributed by atoms with van der Waals surface area (Å²) in [6.07, 6.45) is 4.64. The zero-order valence-electron chi connectivity index (χ0n) is 12.4. The molecule has 0 N–H and O–H groups in total. The van der Waals surface area contributed by atoms with Gasteiger partial charge in [0.25, 0.3) is 5.91 Å². The van der Waals surface area contributed by atoms with Crippen molar-refractivity contribution in [2.75, 3.05) is 14.2 Å². The zero-order chi connectivity index (χ0) is 15.5. The molecule has 4 nitrogen and oxygen atoms in total. The number of carbonyl (C=O) groups is 1. The van der Waals surface area contributed by atoms with Gasteiger partial charge in [-0.2, -0.15) is 5.26 Å². The van der Waals surface area contributed by atoms with E-state index < -0.39 is 5.54 Å². The molecule has 1 amide bonds. The Balaban J connectivity index is 2.26. The normalized spacial score (nSPS) is 16.9. The lowest BCUT2D eigenvalue weighted by atomic mass is 9.81. The van der Waals surface area contributed by atoms with Crippen molar-refractivity contribution in [1.82, 2.24) is 4.90 Å². The van der Waals surface area contributed by atoms with E-state index in [0.29, 0.717) is 11.3 Å². The summed E-state index contributed by atoms with van der Waals surface area (Å²) in [6, 6.07) is 7.60. The number of carbonyl (C=O) groups excluding carboxylic acids is 1. The van der Waals surface area contributed by atoms with Gasteiger partial charge >= 0.3 is 0 Å². The lowest BCUT2D eigenvalue weighted by Crippen LogP contribution is -2.49. The van der Waals surface area contributed by atoms with Gasteiger partial charge in [0, 0.05) is 12.6 Å². The van der Waals surface area contributed by atoms with Gasteiger partial charge in [0.2, 0.25) is 0 Å². The van der Waals surface area contributed by atoms with E-state index in [4.69, 9.17) is 4.74 Å². The lowest BCUT2D eigenvalue weighted by molar-refractivity contribution is 0.0589. The Hall–Kier alpha value is -1.54. The van der Waals surface area contributed by atoms with Crippen molar-refractivity contribution >= 4 is 21.8 Å². The van der Waals surface area contributed by atoms with Crippen molar-refractivity contribution in [1.29, 1.82) is 5.26 Å². The molecule has 1 saturated carbocycles. The number of hydrogen-bond acceptors (Lipinski definition) is 3. The number of ether oxygens (including phenoxy) is 1. The largest absolute Gasteiger partial charge is 0.496 e. The maximum absolute atomic E-state index is 12.7. The zero-order valence-corrected chi connectivity index (χ0v) is 13.9. The minimum Gasteiger partial charge on any atom is -0.496 e. The van der Waals surface area contributed by atoms with Gasteiger partial charge in [-0.15, -0.1) is 0 Å². The van der Waals surface area contributed by atoms with Gasteiger partial charge in [0.15, 0.2) is 0 Å².